The van der Waals surface area contributed by atoms with Gasteiger partial charge in [0.1, 0.15) is 11.0 Å². The van der Waals surface area contributed by atoms with Crippen molar-refractivity contribution in [2.24, 2.45) is 11.5 Å². The van der Waals surface area contributed by atoms with Gasteiger partial charge in [-0.1, -0.05) is 12.2 Å². The van der Waals surface area contributed by atoms with Crippen LogP contribution < -0.4 is 16.4 Å². The van der Waals surface area contributed by atoms with Crippen LogP contribution in [0.1, 0.15) is 24.8 Å². The zero-order chi connectivity index (χ0) is 13.1. The van der Waals surface area contributed by atoms with E-state index in [1.807, 2.05) is 4.90 Å². The van der Waals surface area contributed by atoms with Crippen molar-refractivity contribution in [3.63, 3.8) is 0 Å². The number of nitrogens with zero attached hydrogens (tertiary/aromatic N) is 2. The van der Waals surface area contributed by atoms with E-state index in [0.29, 0.717) is 4.99 Å². The van der Waals surface area contributed by atoms with Crippen molar-refractivity contribution in [2.75, 3.05) is 11.4 Å². The van der Waals surface area contributed by atoms with Crippen LogP contribution in [0.4, 0.5) is 5.69 Å². The monoisotopic (exact) mass is 264 g/mol. The summed E-state index contributed by atoms with van der Waals surface area (Å²) < 4.78 is 0. The van der Waals surface area contributed by atoms with Crippen LogP contribution in [-0.4, -0.2) is 28.5 Å². The zero-order valence-corrected chi connectivity index (χ0v) is 10.8. The Kier molecular flexibility index (Phi) is 3.76. The largest absolute Gasteiger partial charge is 0.389 e. The van der Waals surface area contributed by atoms with Gasteiger partial charge in [-0.15, -0.1) is 0 Å². The van der Waals surface area contributed by atoms with E-state index in [1.54, 1.807) is 18.5 Å². The molecule has 4 N–H and O–H groups in total. The highest BCUT2D eigenvalue weighted by Crippen LogP contribution is 2.27. The molecule has 1 atom stereocenters. The normalized spacial score (nSPS) is 19.6. The van der Waals surface area contributed by atoms with Crippen LogP contribution in [-0.2, 0) is 4.79 Å². The van der Waals surface area contributed by atoms with E-state index in [4.69, 9.17) is 23.7 Å². The standard InChI is InChI=1S/C12H16N4OS/c13-11(17)9-3-1-2-6-16(9)10-7-15-5-4-8(10)12(14)18/h4-5,7,9H,1-3,6H2,(H2,13,17)(H2,14,18). The van der Waals surface area contributed by atoms with Crippen molar-refractivity contribution >= 4 is 28.8 Å². The Morgan fingerprint density at radius 3 is 2.89 bits per heavy atom. The third-order valence-corrected chi connectivity index (χ3v) is 3.43. The second-order valence-electron chi connectivity index (χ2n) is 4.36. The number of pyridine rings is 1. The summed E-state index contributed by atoms with van der Waals surface area (Å²) in [6, 6.07) is 1.47. The second-order valence-corrected chi connectivity index (χ2v) is 4.80. The molecule has 1 aromatic rings. The fraction of sp³-hybridized carbons (Fsp3) is 0.417. The maximum atomic E-state index is 11.5. The summed E-state index contributed by atoms with van der Waals surface area (Å²) in [5.74, 6) is -0.313. The molecule has 6 heteroatoms. The van der Waals surface area contributed by atoms with E-state index in [1.165, 1.54) is 0 Å². The number of amides is 1. The van der Waals surface area contributed by atoms with Crippen LogP contribution in [0.5, 0.6) is 0 Å². The molecule has 0 aromatic carbocycles. The van der Waals surface area contributed by atoms with Crippen LogP contribution in [0.15, 0.2) is 18.5 Å². The third kappa shape index (κ3) is 2.43. The number of primary amides is 1. The van der Waals surface area contributed by atoms with Crippen molar-refractivity contribution in [3.05, 3.63) is 24.0 Å². The molecule has 0 bridgehead atoms. The fourth-order valence-electron chi connectivity index (χ4n) is 2.34. The van der Waals surface area contributed by atoms with Gasteiger partial charge in [0.25, 0.3) is 0 Å². The van der Waals surface area contributed by atoms with Crippen molar-refractivity contribution in [1.82, 2.24) is 4.98 Å². The van der Waals surface area contributed by atoms with Gasteiger partial charge in [0.05, 0.1) is 11.9 Å². The molecule has 1 aliphatic heterocycles. The Morgan fingerprint density at radius 1 is 1.44 bits per heavy atom. The molecule has 1 aliphatic rings. The van der Waals surface area contributed by atoms with Crippen LogP contribution in [0.3, 0.4) is 0 Å². The van der Waals surface area contributed by atoms with Gasteiger partial charge < -0.3 is 16.4 Å². The highest BCUT2D eigenvalue weighted by Gasteiger charge is 2.28. The number of carbonyl (C=O) groups excluding carboxylic acids is 1. The van der Waals surface area contributed by atoms with Crippen LogP contribution >= 0.6 is 12.2 Å². The molecule has 5 nitrogen and oxygen atoms in total. The molecule has 1 unspecified atom stereocenters. The second kappa shape index (κ2) is 5.30. The van der Waals surface area contributed by atoms with E-state index < -0.39 is 0 Å². The molecule has 1 fully saturated rings. The Morgan fingerprint density at radius 2 is 2.22 bits per heavy atom. The van der Waals surface area contributed by atoms with Crippen molar-refractivity contribution in [2.45, 2.75) is 25.3 Å². The quantitative estimate of drug-likeness (QED) is 0.779. The minimum atomic E-state index is -0.313. The lowest BCUT2D eigenvalue weighted by molar-refractivity contribution is -0.119. The first-order valence-corrected chi connectivity index (χ1v) is 6.32. The third-order valence-electron chi connectivity index (χ3n) is 3.21. The number of carbonyl (C=O) groups is 1. The molecule has 1 saturated heterocycles. The summed E-state index contributed by atoms with van der Waals surface area (Å²) in [6.45, 7) is 0.773. The first-order valence-electron chi connectivity index (χ1n) is 5.91. The summed E-state index contributed by atoms with van der Waals surface area (Å²) in [6.07, 6.45) is 6.13. The Balaban J connectivity index is 2.39. The van der Waals surface area contributed by atoms with Crippen molar-refractivity contribution in [3.8, 4) is 0 Å². The number of nitrogens with two attached hydrogens (primary N) is 2. The lowest BCUT2D eigenvalue weighted by atomic mass is 10.00. The highest BCUT2D eigenvalue weighted by atomic mass is 32.1. The van der Waals surface area contributed by atoms with Gasteiger partial charge in [-0.3, -0.25) is 9.78 Å². The Hall–Kier alpha value is -1.69. The summed E-state index contributed by atoms with van der Waals surface area (Å²) in [5, 5.41) is 0. The number of aromatic nitrogens is 1. The van der Waals surface area contributed by atoms with E-state index in [9.17, 15) is 4.79 Å². The predicted octanol–water partition coefficient (Wildman–Crippen LogP) is 0.560. The van der Waals surface area contributed by atoms with Crippen LogP contribution in [0, 0.1) is 0 Å². The lowest BCUT2D eigenvalue weighted by Gasteiger charge is -2.36. The molecule has 2 rings (SSSR count). The summed E-state index contributed by atoms with van der Waals surface area (Å²) in [5.41, 5.74) is 12.7. The number of hydrogen-bond acceptors (Lipinski definition) is 4. The molecule has 2 heterocycles. The topological polar surface area (TPSA) is 85.2 Å². The SMILES string of the molecule is NC(=O)C1CCCCN1c1cnccc1C(N)=S. The number of rotatable bonds is 3. The van der Waals surface area contributed by atoms with Gasteiger partial charge in [-0.2, -0.15) is 0 Å². The Labute approximate surface area is 111 Å². The van der Waals surface area contributed by atoms with E-state index in [2.05, 4.69) is 4.98 Å². The predicted molar refractivity (Wildman–Crippen MR) is 74.3 cm³/mol. The molecular weight excluding hydrogens is 248 g/mol. The molecule has 96 valence electrons. The summed E-state index contributed by atoms with van der Waals surface area (Å²) >= 11 is 5.03. The average Bonchev–Trinajstić information content (AvgIpc) is 2.38. The smallest absolute Gasteiger partial charge is 0.240 e. The fourth-order valence-corrected chi connectivity index (χ4v) is 2.51. The van der Waals surface area contributed by atoms with Gasteiger partial charge in [0.2, 0.25) is 5.91 Å². The molecule has 18 heavy (non-hydrogen) atoms. The minimum absolute atomic E-state index is 0.295. The zero-order valence-electron chi connectivity index (χ0n) is 10.0. The van der Waals surface area contributed by atoms with Crippen LogP contribution in [0.25, 0.3) is 0 Å². The number of hydrogen-bond donors (Lipinski definition) is 2. The van der Waals surface area contributed by atoms with Gasteiger partial charge in [-0.05, 0) is 25.3 Å². The van der Waals surface area contributed by atoms with E-state index in [-0.39, 0.29) is 11.9 Å². The molecule has 0 spiro atoms. The molecule has 1 amide bonds. The van der Waals surface area contributed by atoms with Gasteiger partial charge >= 0.3 is 0 Å². The molecule has 0 saturated carbocycles. The first-order chi connectivity index (χ1) is 8.61. The first kappa shape index (κ1) is 12.8. The lowest BCUT2D eigenvalue weighted by Crippen LogP contribution is -2.48. The van der Waals surface area contributed by atoms with Gasteiger partial charge in [0, 0.05) is 18.3 Å². The number of anilines is 1. The number of piperidine rings is 1. The van der Waals surface area contributed by atoms with Crippen molar-refractivity contribution in [1.29, 1.82) is 0 Å². The van der Waals surface area contributed by atoms with Crippen LogP contribution in [0.2, 0.25) is 0 Å². The maximum Gasteiger partial charge on any atom is 0.240 e. The van der Waals surface area contributed by atoms with Gasteiger partial charge in [0.15, 0.2) is 0 Å². The molecule has 0 aliphatic carbocycles. The summed E-state index contributed by atoms with van der Waals surface area (Å²) in [7, 11) is 0. The highest BCUT2D eigenvalue weighted by molar-refractivity contribution is 7.80. The van der Waals surface area contributed by atoms with Crippen molar-refractivity contribution < 1.29 is 4.79 Å². The molecule has 0 radical (unpaired) electrons. The molecule has 1 aromatic heterocycles. The number of thiocarbonyl (C=S) groups is 1. The van der Waals surface area contributed by atoms with Gasteiger partial charge in [-0.25, -0.2) is 0 Å². The minimum Gasteiger partial charge on any atom is -0.389 e. The maximum absolute atomic E-state index is 11.5. The van der Waals surface area contributed by atoms with E-state index in [0.717, 1.165) is 37.1 Å². The average molecular weight is 264 g/mol. The summed E-state index contributed by atoms with van der Waals surface area (Å²) in [4.78, 5) is 17.9. The van der Waals surface area contributed by atoms with E-state index >= 15 is 0 Å². The molecular formula is C12H16N4OS. The Bertz CT molecular complexity index is 477.